The number of hydrogen-bond acceptors (Lipinski definition) is 4. The molecule has 0 aliphatic carbocycles. The Morgan fingerprint density at radius 1 is 0.947 bits per heavy atom. The molecule has 1 aromatic rings. The van der Waals surface area contributed by atoms with Crippen molar-refractivity contribution in [1.82, 2.24) is 0 Å². The fraction of sp³-hybridized carbons (Fsp3) is 0.533. The molecule has 0 heterocycles. The summed E-state index contributed by atoms with van der Waals surface area (Å²) in [5.41, 5.74) is 0.632. The van der Waals surface area contributed by atoms with Crippen molar-refractivity contribution >= 4 is 0 Å². The Morgan fingerprint density at radius 3 is 2.21 bits per heavy atom. The van der Waals surface area contributed by atoms with Gasteiger partial charge in [0.15, 0.2) is 0 Å². The number of nitrogens with zero attached hydrogens (tertiary/aromatic N) is 1. The van der Waals surface area contributed by atoms with Gasteiger partial charge in [0.1, 0.15) is 12.4 Å². The Balaban J connectivity index is 1.97. The quantitative estimate of drug-likeness (QED) is 0.609. The van der Waals surface area contributed by atoms with Gasteiger partial charge in [-0.2, -0.15) is 5.26 Å². The van der Waals surface area contributed by atoms with Gasteiger partial charge in [0.05, 0.1) is 31.5 Å². The molecule has 1 aromatic carbocycles. The van der Waals surface area contributed by atoms with Gasteiger partial charge in [-0.15, -0.1) is 0 Å². The fourth-order valence-electron chi connectivity index (χ4n) is 1.41. The van der Waals surface area contributed by atoms with Crippen LogP contribution in [-0.4, -0.2) is 33.0 Å². The smallest absolute Gasteiger partial charge is 0.119 e. The van der Waals surface area contributed by atoms with Crippen LogP contribution in [0, 0.1) is 11.3 Å². The maximum Gasteiger partial charge on any atom is 0.119 e. The maximum absolute atomic E-state index is 8.66. The highest BCUT2D eigenvalue weighted by atomic mass is 16.5. The summed E-state index contributed by atoms with van der Waals surface area (Å²) < 4.78 is 16.2. The Bertz CT molecular complexity index is 370. The van der Waals surface area contributed by atoms with E-state index in [0.717, 1.165) is 25.2 Å². The largest absolute Gasteiger partial charge is 0.491 e. The van der Waals surface area contributed by atoms with Crippen molar-refractivity contribution in [2.24, 2.45) is 0 Å². The summed E-state index contributed by atoms with van der Waals surface area (Å²) >= 11 is 0. The average Bonchev–Trinajstić information content (AvgIpc) is 2.46. The van der Waals surface area contributed by atoms with Crippen molar-refractivity contribution in [3.05, 3.63) is 29.8 Å². The lowest BCUT2D eigenvalue weighted by atomic mass is 10.2. The van der Waals surface area contributed by atoms with Gasteiger partial charge in [-0.25, -0.2) is 0 Å². The van der Waals surface area contributed by atoms with Gasteiger partial charge < -0.3 is 14.2 Å². The minimum absolute atomic E-state index is 0.501. The minimum Gasteiger partial charge on any atom is -0.491 e. The topological polar surface area (TPSA) is 51.5 Å². The van der Waals surface area contributed by atoms with Crippen LogP contribution in [0.2, 0.25) is 0 Å². The Labute approximate surface area is 114 Å². The van der Waals surface area contributed by atoms with Crippen LogP contribution in [-0.2, 0) is 9.47 Å². The van der Waals surface area contributed by atoms with Gasteiger partial charge in [0.2, 0.25) is 0 Å². The molecule has 104 valence electrons. The SMILES string of the molecule is CCCCOCCOCCOc1ccc(C#N)cc1. The molecule has 0 spiro atoms. The van der Waals surface area contributed by atoms with Gasteiger partial charge in [-0.3, -0.25) is 0 Å². The normalized spacial score (nSPS) is 10.1. The third-order valence-electron chi connectivity index (χ3n) is 2.49. The van der Waals surface area contributed by atoms with E-state index in [9.17, 15) is 0 Å². The molecule has 0 atom stereocenters. The molecule has 0 fully saturated rings. The summed E-state index contributed by atoms with van der Waals surface area (Å²) in [5.74, 6) is 0.752. The monoisotopic (exact) mass is 263 g/mol. The molecule has 0 N–H and O–H groups in total. The molecule has 0 radical (unpaired) electrons. The number of rotatable bonds is 10. The van der Waals surface area contributed by atoms with Crippen molar-refractivity contribution in [2.45, 2.75) is 19.8 Å². The highest BCUT2D eigenvalue weighted by Gasteiger charge is 1.95. The summed E-state index contributed by atoms with van der Waals surface area (Å²) in [7, 11) is 0. The van der Waals surface area contributed by atoms with Crippen LogP contribution in [0.4, 0.5) is 0 Å². The Hall–Kier alpha value is -1.57. The van der Waals surface area contributed by atoms with Crippen LogP contribution >= 0.6 is 0 Å². The van der Waals surface area contributed by atoms with Crippen LogP contribution in [0.15, 0.2) is 24.3 Å². The second-order valence-electron chi connectivity index (χ2n) is 4.06. The molecular weight excluding hydrogens is 242 g/mol. The Morgan fingerprint density at radius 2 is 1.58 bits per heavy atom. The first kappa shape index (κ1) is 15.5. The molecule has 0 unspecified atom stereocenters. The van der Waals surface area contributed by atoms with E-state index in [1.54, 1.807) is 24.3 Å². The number of hydrogen-bond donors (Lipinski definition) is 0. The van der Waals surface area contributed by atoms with E-state index >= 15 is 0 Å². The lowest BCUT2D eigenvalue weighted by Gasteiger charge is -2.07. The molecule has 0 aromatic heterocycles. The van der Waals surface area contributed by atoms with E-state index in [0.29, 0.717) is 32.0 Å². The molecule has 0 amide bonds. The standard InChI is InChI=1S/C15H21NO3/c1-2-3-8-17-9-10-18-11-12-19-15-6-4-14(13-16)5-7-15/h4-7H,2-3,8-12H2,1H3. The van der Waals surface area contributed by atoms with E-state index < -0.39 is 0 Å². The van der Waals surface area contributed by atoms with Crippen LogP contribution in [0.25, 0.3) is 0 Å². The van der Waals surface area contributed by atoms with E-state index in [-0.39, 0.29) is 0 Å². The minimum atomic E-state index is 0.501. The predicted octanol–water partition coefficient (Wildman–Crippen LogP) is 2.77. The molecule has 4 heteroatoms. The zero-order chi connectivity index (χ0) is 13.8. The second kappa shape index (κ2) is 10.4. The average molecular weight is 263 g/mol. The number of ether oxygens (including phenoxy) is 3. The van der Waals surface area contributed by atoms with Crippen molar-refractivity contribution in [1.29, 1.82) is 5.26 Å². The molecule has 0 saturated carbocycles. The molecule has 0 saturated heterocycles. The predicted molar refractivity (Wildman–Crippen MR) is 73.2 cm³/mol. The van der Waals surface area contributed by atoms with Crippen molar-refractivity contribution < 1.29 is 14.2 Å². The first-order valence-electron chi connectivity index (χ1n) is 6.65. The fourth-order valence-corrected chi connectivity index (χ4v) is 1.41. The zero-order valence-corrected chi connectivity index (χ0v) is 11.4. The number of benzene rings is 1. The lowest BCUT2D eigenvalue weighted by molar-refractivity contribution is 0.0356. The van der Waals surface area contributed by atoms with Crippen LogP contribution in [0.5, 0.6) is 5.75 Å². The number of unbranched alkanes of at least 4 members (excludes halogenated alkanes) is 1. The van der Waals surface area contributed by atoms with Gasteiger partial charge in [-0.1, -0.05) is 13.3 Å². The summed E-state index contributed by atoms with van der Waals surface area (Å²) in [5, 5.41) is 8.66. The molecule has 1 rings (SSSR count). The Kier molecular flexibility index (Phi) is 8.45. The van der Waals surface area contributed by atoms with Gasteiger partial charge >= 0.3 is 0 Å². The molecule has 0 bridgehead atoms. The first-order valence-corrected chi connectivity index (χ1v) is 6.65. The highest BCUT2D eigenvalue weighted by Crippen LogP contribution is 2.11. The zero-order valence-electron chi connectivity index (χ0n) is 11.4. The molecule has 0 aliphatic heterocycles. The third kappa shape index (κ3) is 7.45. The van der Waals surface area contributed by atoms with E-state index in [1.807, 2.05) is 0 Å². The van der Waals surface area contributed by atoms with Gasteiger partial charge in [0, 0.05) is 6.61 Å². The summed E-state index contributed by atoms with van der Waals surface area (Å²) in [6.45, 7) is 5.22. The summed E-state index contributed by atoms with van der Waals surface area (Å²) in [6.07, 6.45) is 2.25. The molecule has 0 aliphatic rings. The van der Waals surface area contributed by atoms with Gasteiger partial charge in [0.25, 0.3) is 0 Å². The molecular formula is C15H21NO3. The van der Waals surface area contributed by atoms with Crippen molar-refractivity contribution in [3.63, 3.8) is 0 Å². The van der Waals surface area contributed by atoms with E-state index in [4.69, 9.17) is 19.5 Å². The first-order chi connectivity index (χ1) is 9.36. The van der Waals surface area contributed by atoms with Crippen LogP contribution < -0.4 is 4.74 Å². The maximum atomic E-state index is 8.66. The van der Waals surface area contributed by atoms with E-state index in [2.05, 4.69) is 13.0 Å². The molecule has 4 nitrogen and oxygen atoms in total. The van der Waals surface area contributed by atoms with Crippen LogP contribution in [0.1, 0.15) is 25.3 Å². The second-order valence-corrected chi connectivity index (χ2v) is 4.06. The van der Waals surface area contributed by atoms with Crippen molar-refractivity contribution in [2.75, 3.05) is 33.0 Å². The number of nitriles is 1. The van der Waals surface area contributed by atoms with Gasteiger partial charge in [-0.05, 0) is 30.7 Å². The van der Waals surface area contributed by atoms with Crippen LogP contribution in [0.3, 0.4) is 0 Å². The van der Waals surface area contributed by atoms with E-state index in [1.165, 1.54) is 0 Å². The molecule has 19 heavy (non-hydrogen) atoms. The lowest BCUT2D eigenvalue weighted by Crippen LogP contribution is -2.11. The third-order valence-corrected chi connectivity index (χ3v) is 2.49. The highest BCUT2D eigenvalue weighted by molar-refractivity contribution is 5.34. The van der Waals surface area contributed by atoms with Crippen molar-refractivity contribution in [3.8, 4) is 11.8 Å². The summed E-state index contributed by atoms with van der Waals surface area (Å²) in [4.78, 5) is 0. The summed E-state index contributed by atoms with van der Waals surface area (Å²) in [6, 6.07) is 9.10.